The first-order valence-electron chi connectivity index (χ1n) is 25.3. The van der Waals surface area contributed by atoms with Crippen molar-refractivity contribution in [2.24, 2.45) is 29.6 Å². The first-order chi connectivity index (χ1) is 33.9. The normalized spacial score (nSPS) is 18.2. The molecule has 1 saturated carbocycles. The molecule has 72 heavy (non-hydrogen) atoms. The van der Waals surface area contributed by atoms with Crippen molar-refractivity contribution in [2.45, 2.75) is 155 Å². The van der Waals surface area contributed by atoms with E-state index < -0.39 is 81.4 Å². The van der Waals surface area contributed by atoms with E-state index in [1.165, 1.54) is 33.1 Å². The molecule has 4 rings (SSSR count). The van der Waals surface area contributed by atoms with Crippen LogP contribution in [0.4, 0.5) is 10.5 Å². The van der Waals surface area contributed by atoms with E-state index in [2.05, 4.69) is 15.4 Å². The molecule has 2 aliphatic rings. The van der Waals surface area contributed by atoms with E-state index in [-0.39, 0.29) is 67.1 Å². The standard InChI is InChI=1S/C53H80N6O12S/c1-13-34(6)48(57(9)52(65)41(32(2)3)29-44(61)47(33(4)5)58(10)53(66)71-31-38-21-23-39(24-22-38)54-36(8)60)45(69-11)30-46(62)59-27-17-20-43(59)49(70-12)35(7)50(63)55-42(28-37-18-15-14-16-19-37)51(64)56-72(67,68)40-25-26-40/h14-16,18-19,21-24,32-35,40-43,45,47-49H,13,17,20,25-31H2,1-12H3,(H,54,60)(H,55,63)(H,56,64)/t34-,35+,41-,42-,43-,45+,47-,48-,49+/m0/s1. The molecule has 2 fully saturated rings. The highest BCUT2D eigenvalue weighted by atomic mass is 32.2. The Balaban J connectivity index is 1.47. The predicted molar refractivity (Wildman–Crippen MR) is 274 cm³/mol. The van der Waals surface area contributed by atoms with Gasteiger partial charge in [0.2, 0.25) is 33.7 Å². The Bertz CT molecular complexity index is 2270. The van der Waals surface area contributed by atoms with E-state index in [0.29, 0.717) is 49.9 Å². The van der Waals surface area contributed by atoms with Crippen LogP contribution in [0.5, 0.6) is 0 Å². The second-order valence-corrected chi connectivity index (χ2v) is 22.3. The van der Waals surface area contributed by atoms with Crippen LogP contribution >= 0.6 is 0 Å². The number of benzene rings is 2. The lowest BCUT2D eigenvalue weighted by atomic mass is 9.83. The fourth-order valence-electron chi connectivity index (χ4n) is 9.83. The van der Waals surface area contributed by atoms with E-state index >= 15 is 0 Å². The lowest BCUT2D eigenvalue weighted by molar-refractivity contribution is -0.149. The maximum atomic E-state index is 14.7. The lowest BCUT2D eigenvalue weighted by Crippen LogP contribution is -2.55. The molecule has 1 heterocycles. The molecule has 2 aromatic carbocycles. The van der Waals surface area contributed by atoms with Gasteiger partial charge in [0.05, 0.1) is 47.9 Å². The Morgan fingerprint density at radius 3 is 1.97 bits per heavy atom. The third-order valence-corrected chi connectivity index (χ3v) is 16.1. The summed E-state index contributed by atoms with van der Waals surface area (Å²) in [5.74, 6) is -4.80. The Kier molecular flexibility index (Phi) is 22.2. The molecular weight excluding hydrogens is 945 g/mol. The van der Waals surface area contributed by atoms with Crippen molar-refractivity contribution in [1.29, 1.82) is 0 Å². The summed E-state index contributed by atoms with van der Waals surface area (Å²) in [6.07, 6.45) is 0.278. The molecule has 19 heteroatoms. The zero-order chi connectivity index (χ0) is 53.6. The number of ketones is 1. The van der Waals surface area contributed by atoms with Gasteiger partial charge in [-0.3, -0.25) is 33.5 Å². The van der Waals surface area contributed by atoms with Crippen LogP contribution in [-0.2, 0) is 66.0 Å². The minimum atomic E-state index is -3.89. The molecule has 0 unspecified atom stereocenters. The fraction of sp³-hybridized carbons (Fsp3) is 0.642. The van der Waals surface area contributed by atoms with Gasteiger partial charge in [-0.05, 0) is 66.7 Å². The van der Waals surface area contributed by atoms with E-state index in [1.807, 2.05) is 47.6 Å². The average molecular weight is 1030 g/mol. The molecule has 1 aliphatic carbocycles. The number of carbonyl (C=O) groups excluding carboxylic acids is 7. The molecule has 0 spiro atoms. The SMILES string of the molecule is CC[C@H](C)[C@@H]([C@@H](CC(=O)N1CCC[C@H]1[C@H](OC)[C@@H](C)C(=O)N[C@@H](Cc1ccccc1)C(=O)NS(=O)(=O)C1CC1)OC)N(C)C(=O)[C@@H](CC(=O)[C@H](C(C)C)N(C)C(=O)OCc1ccc(NC(C)=O)cc1)C(C)C. The highest BCUT2D eigenvalue weighted by Crippen LogP contribution is 2.32. The molecule has 18 nitrogen and oxygen atoms in total. The topological polar surface area (TPSA) is 227 Å². The van der Waals surface area contributed by atoms with Crippen molar-refractivity contribution in [3.63, 3.8) is 0 Å². The van der Waals surface area contributed by atoms with Gasteiger partial charge in [-0.1, -0.05) is 97.4 Å². The highest BCUT2D eigenvalue weighted by Gasteiger charge is 2.44. The number of ether oxygens (including phenoxy) is 3. The van der Waals surface area contributed by atoms with Crippen molar-refractivity contribution < 1.29 is 56.2 Å². The molecule has 0 aromatic heterocycles. The summed E-state index contributed by atoms with van der Waals surface area (Å²) < 4.78 is 45.3. The largest absolute Gasteiger partial charge is 0.445 e. The van der Waals surface area contributed by atoms with Gasteiger partial charge in [0.25, 0.3) is 5.91 Å². The number of sulfonamides is 1. The number of Topliss-reactive ketones (excluding diaryl/α,β-unsaturated/α-hetero) is 1. The first kappa shape index (κ1) is 59.2. The van der Waals surface area contributed by atoms with Crippen molar-refractivity contribution >= 4 is 57.1 Å². The van der Waals surface area contributed by atoms with Gasteiger partial charge in [0.15, 0.2) is 5.78 Å². The maximum absolute atomic E-state index is 14.7. The smallest absolute Gasteiger partial charge is 0.410 e. The van der Waals surface area contributed by atoms with Gasteiger partial charge in [-0.2, -0.15) is 0 Å². The van der Waals surface area contributed by atoms with Crippen molar-refractivity contribution in [2.75, 3.05) is 40.2 Å². The number of carbonyl (C=O) groups is 7. The second kappa shape index (κ2) is 27.1. The van der Waals surface area contributed by atoms with Gasteiger partial charge in [0, 0.05) is 66.2 Å². The Hall–Kier alpha value is -5.40. The minimum Gasteiger partial charge on any atom is -0.445 e. The third kappa shape index (κ3) is 16.0. The summed E-state index contributed by atoms with van der Waals surface area (Å²) in [6.45, 7) is 14.8. The van der Waals surface area contributed by atoms with Crippen molar-refractivity contribution in [3.05, 3.63) is 65.7 Å². The van der Waals surface area contributed by atoms with Gasteiger partial charge >= 0.3 is 6.09 Å². The van der Waals surface area contributed by atoms with Gasteiger partial charge in [0.1, 0.15) is 12.6 Å². The molecule has 0 radical (unpaired) electrons. The minimum absolute atomic E-state index is 0.0471. The van der Waals surface area contributed by atoms with Gasteiger partial charge in [-0.25, -0.2) is 13.2 Å². The van der Waals surface area contributed by atoms with Gasteiger partial charge < -0.3 is 39.5 Å². The highest BCUT2D eigenvalue weighted by molar-refractivity contribution is 7.90. The molecule has 3 N–H and O–H groups in total. The summed E-state index contributed by atoms with van der Waals surface area (Å²) >= 11 is 0. The lowest BCUT2D eigenvalue weighted by Gasteiger charge is -2.41. The number of nitrogens with zero attached hydrogens (tertiary/aromatic N) is 3. The molecule has 400 valence electrons. The van der Waals surface area contributed by atoms with E-state index in [1.54, 1.807) is 72.3 Å². The van der Waals surface area contributed by atoms with Crippen LogP contribution in [0, 0.1) is 29.6 Å². The summed E-state index contributed by atoms with van der Waals surface area (Å²) in [4.78, 5) is 100. The first-order valence-corrected chi connectivity index (χ1v) is 26.8. The number of anilines is 1. The van der Waals surface area contributed by atoms with Crippen LogP contribution in [-0.4, -0.2) is 141 Å². The molecule has 0 bridgehead atoms. The van der Waals surface area contributed by atoms with E-state index in [9.17, 15) is 42.0 Å². The van der Waals surface area contributed by atoms with Crippen LogP contribution in [0.25, 0.3) is 0 Å². The zero-order valence-electron chi connectivity index (χ0n) is 44.3. The Morgan fingerprint density at radius 1 is 0.792 bits per heavy atom. The summed E-state index contributed by atoms with van der Waals surface area (Å²) in [6, 6.07) is 12.6. The number of hydrogen-bond donors (Lipinski definition) is 3. The summed E-state index contributed by atoms with van der Waals surface area (Å²) in [7, 11) is 2.26. The summed E-state index contributed by atoms with van der Waals surface area (Å²) in [5.41, 5.74) is 2.01. The van der Waals surface area contributed by atoms with Crippen molar-refractivity contribution in [1.82, 2.24) is 24.7 Å². The number of likely N-dealkylation sites (N-methyl/N-ethyl adjacent to an activating group) is 2. The van der Waals surface area contributed by atoms with Crippen LogP contribution in [0.2, 0.25) is 0 Å². The molecule has 9 atom stereocenters. The quantitative estimate of drug-likeness (QED) is 0.0976. The zero-order valence-corrected chi connectivity index (χ0v) is 45.2. The van der Waals surface area contributed by atoms with Crippen LogP contribution < -0.4 is 15.4 Å². The molecule has 2 aromatic rings. The maximum Gasteiger partial charge on any atom is 0.410 e. The second-order valence-electron chi connectivity index (χ2n) is 20.3. The number of amides is 6. The molecule has 1 aliphatic heterocycles. The molecule has 1 saturated heterocycles. The Labute approximate surface area is 427 Å². The molecule has 6 amide bonds. The predicted octanol–water partition coefficient (Wildman–Crippen LogP) is 5.73. The number of likely N-dealkylation sites (tertiary alicyclic amines) is 1. The summed E-state index contributed by atoms with van der Waals surface area (Å²) in [5, 5.41) is 4.84. The fourth-order valence-corrected chi connectivity index (χ4v) is 11.2. The third-order valence-electron chi connectivity index (χ3n) is 14.2. The van der Waals surface area contributed by atoms with Crippen LogP contribution in [0.1, 0.15) is 111 Å². The van der Waals surface area contributed by atoms with Crippen molar-refractivity contribution in [3.8, 4) is 0 Å². The van der Waals surface area contributed by atoms with E-state index in [4.69, 9.17) is 14.2 Å². The van der Waals surface area contributed by atoms with E-state index in [0.717, 1.165) is 5.56 Å². The Morgan fingerprint density at radius 2 is 1.43 bits per heavy atom. The monoisotopic (exact) mass is 1020 g/mol. The molecular formula is C53H80N6O12S. The van der Waals surface area contributed by atoms with Crippen LogP contribution in [0.3, 0.4) is 0 Å². The number of methoxy groups -OCH3 is 2. The number of nitrogens with one attached hydrogen (secondary N) is 3. The number of rotatable bonds is 27. The number of hydrogen-bond acceptors (Lipinski definition) is 12. The van der Waals surface area contributed by atoms with Crippen LogP contribution in [0.15, 0.2) is 54.6 Å². The van der Waals surface area contributed by atoms with Gasteiger partial charge in [-0.15, -0.1) is 0 Å². The average Bonchev–Trinajstić information content (AvgIpc) is 4.10.